The largest absolute Gasteiger partial charge is 0.353 e. The Labute approximate surface area is 391 Å². The van der Waals surface area contributed by atoms with Crippen LogP contribution in [0.3, 0.4) is 0 Å². The topological polar surface area (TPSA) is 170 Å². The highest BCUT2D eigenvalue weighted by molar-refractivity contribution is 7.89. The first-order chi connectivity index (χ1) is 31.0. The number of hydrogen-bond donors (Lipinski definition) is 2. The third-order valence-corrected chi connectivity index (χ3v) is 17.8. The van der Waals surface area contributed by atoms with Crippen molar-refractivity contribution in [3.05, 3.63) is 89.5 Å². The summed E-state index contributed by atoms with van der Waals surface area (Å²) in [6, 6.07) is 17.9. The van der Waals surface area contributed by atoms with Crippen molar-refractivity contribution in [1.29, 1.82) is 0 Å². The molecule has 0 spiro atoms. The summed E-state index contributed by atoms with van der Waals surface area (Å²) in [6.07, 6.45) is 19.9. The summed E-state index contributed by atoms with van der Waals surface area (Å²) in [5.41, 5.74) is 2.48. The van der Waals surface area contributed by atoms with Crippen LogP contribution in [0.2, 0.25) is 0 Å². The Morgan fingerprint density at radius 3 is 1.12 bits per heavy atom. The van der Waals surface area contributed by atoms with Crippen molar-refractivity contribution in [1.82, 2.24) is 23.5 Å². The number of nitrogens with one attached hydrogen (secondary N) is 2. The monoisotopic (exact) mass is 957 g/mol. The first-order valence-corrected chi connectivity index (χ1v) is 28.1. The van der Waals surface area contributed by atoms with Crippen molar-refractivity contribution in [2.24, 2.45) is 0 Å². The van der Waals surface area contributed by atoms with Crippen LogP contribution in [0.15, 0.2) is 87.5 Å². The van der Waals surface area contributed by atoms with Crippen LogP contribution in [0, 0.1) is 20.8 Å². The van der Waals surface area contributed by atoms with E-state index in [0.717, 1.165) is 55.3 Å². The predicted molar refractivity (Wildman–Crippen MR) is 259 cm³/mol. The Morgan fingerprint density at radius 2 is 0.754 bits per heavy atom. The zero-order chi connectivity index (χ0) is 47.3. The molecule has 362 valence electrons. The number of benzene rings is 3. The van der Waals surface area contributed by atoms with Crippen LogP contribution in [0.5, 0.6) is 0 Å². The smallest absolute Gasteiger partial charge is 0.243 e. The number of carbonyl (C=O) groups is 2. The van der Waals surface area contributed by atoms with Crippen LogP contribution in [0.4, 0.5) is 0 Å². The van der Waals surface area contributed by atoms with E-state index >= 15 is 0 Å². The molecule has 1 heterocycles. The predicted octanol–water partition coefficient (Wildman–Crippen LogP) is 8.25. The first kappa shape index (κ1) is 53.9. The lowest BCUT2D eigenvalue weighted by Gasteiger charge is -2.29. The summed E-state index contributed by atoms with van der Waals surface area (Å²) in [7, 11) is -13.0. The lowest BCUT2D eigenvalue weighted by molar-refractivity contribution is -0.123. The van der Waals surface area contributed by atoms with Gasteiger partial charge in [0.1, 0.15) is 0 Å². The van der Waals surface area contributed by atoms with Crippen molar-refractivity contribution in [2.75, 3.05) is 45.8 Å². The third kappa shape index (κ3) is 17.8. The molecule has 2 amide bonds. The number of amides is 2. The first-order valence-electron chi connectivity index (χ1n) is 23.8. The maximum Gasteiger partial charge on any atom is 0.243 e. The Balaban J connectivity index is 1.52. The molecule has 1 fully saturated rings. The molecule has 65 heavy (non-hydrogen) atoms. The standard InChI is InChI=1S/C49H75N5O8S3/c1-5-6-7-8-9-10-11-12-13-14-15-16-17-18-19-20-21-44-38-50-48(55)39-53(64(59,60)46-30-24-42(3)25-31-46)36-34-52(63(57,58)45-28-22-41(2)23-29-45)35-37-54(40-49(56)51-44)65(61,62)47-32-26-43(4)27-33-47/h22-33,44H,5-21,34-40H2,1-4H3,(H,50,55)(H,51,56). The van der Waals surface area contributed by atoms with E-state index < -0.39 is 87.2 Å². The molecule has 4 rings (SSSR count). The lowest BCUT2D eigenvalue weighted by atomic mass is 10.0. The van der Waals surface area contributed by atoms with Gasteiger partial charge in [0.05, 0.1) is 27.8 Å². The number of aryl methyl sites for hydroxylation is 3. The van der Waals surface area contributed by atoms with Gasteiger partial charge in [-0.3, -0.25) is 9.59 Å². The van der Waals surface area contributed by atoms with E-state index in [1.54, 1.807) is 36.4 Å². The molecule has 16 heteroatoms. The number of rotatable bonds is 23. The van der Waals surface area contributed by atoms with Gasteiger partial charge in [0.2, 0.25) is 41.9 Å². The molecular weight excluding hydrogens is 883 g/mol. The fourth-order valence-electron chi connectivity index (χ4n) is 8.00. The number of sulfonamides is 3. The Kier molecular flexibility index (Phi) is 22.6. The average Bonchev–Trinajstić information content (AvgIpc) is 3.27. The summed E-state index contributed by atoms with van der Waals surface area (Å²) < 4.78 is 88.5. The molecule has 0 aromatic heterocycles. The number of hydrogen-bond acceptors (Lipinski definition) is 8. The van der Waals surface area contributed by atoms with Gasteiger partial charge in [-0.05, 0) is 63.6 Å². The summed E-state index contributed by atoms with van der Waals surface area (Å²) in [6.45, 7) is 4.81. The highest BCUT2D eigenvalue weighted by atomic mass is 32.2. The second-order valence-electron chi connectivity index (χ2n) is 17.7. The van der Waals surface area contributed by atoms with Crippen LogP contribution < -0.4 is 10.6 Å². The van der Waals surface area contributed by atoms with Gasteiger partial charge in [-0.15, -0.1) is 0 Å². The highest BCUT2D eigenvalue weighted by Gasteiger charge is 2.34. The minimum absolute atomic E-state index is 0.0135. The quantitative estimate of drug-likeness (QED) is 0.0896. The molecule has 1 unspecified atom stereocenters. The van der Waals surface area contributed by atoms with Crippen LogP contribution in [0.25, 0.3) is 0 Å². The van der Waals surface area contributed by atoms with Gasteiger partial charge >= 0.3 is 0 Å². The van der Waals surface area contributed by atoms with E-state index in [9.17, 15) is 34.8 Å². The van der Waals surface area contributed by atoms with Crippen molar-refractivity contribution < 1.29 is 34.8 Å². The third-order valence-electron chi connectivity index (χ3n) is 12.1. The molecule has 0 aliphatic carbocycles. The van der Waals surface area contributed by atoms with E-state index in [0.29, 0.717) is 6.42 Å². The molecule has 1 aliphatic heterocycles. The molecule has 0 radical (unpaired) electrons. The van der Waals surface area contributed by atoms with Gasteiger partial charge in [-0.25, -0.2) is 25.3 Å². The summed E-state index contributed by atoms with van der Waals surface area (Å²) in [4.78, 5) is 27.3. The molecule has 1 aliphatic rings. The van der Waals surface area contributed by atoms with Crippen LogP contribution >= 0.6 is 0 Å². The molecule has 2 N–H and O–H groups in total. The zero-order valence-electron chi connectivity index (χ0n) is 39.3. The van der Waals surface area contributed by atoms with Gasteiger partial charge in [-0.2, -0.15) is 12.9 Å². The normalized spacial score (nSPS) is 17.3. The lowest BCUT2D eigenvalue weighted by Crippen LogP contribution is -2.49. The molecule has 3 aromatic rings. The fraction of sp³-hybridized carbons (Fsp3) is 0.592. The van der Waals surface area contributed by atoms with Gasteiger partial charge in [-0.1, -0.05) is 163 Å². The average molecular weight is 958 g/mol. The SMILES string of the molecule is CCCCCCCCCCCCCCCCCCC1CNC(=O)CN(S(=O)(=O)c2ccc(C)cc2)CCN(S(=O)(=O)c2ccc(C)cc2)CCN(S(=O)(=O)c2ccc(C)cc2)CC(=O)N1. The molecule has 0 bridgehead atoms. The van der Waals surface area contributed by atoms with Crippen LogP contribution in [0.1, 0.15) is 133 Å². The number of unbranched alkanes of at least 4 members (excludes halogenated alkanes) is 15. The number of nitrogens with zero attached hydrogens (tertiary/aromatic N) is 3. The Hall–Kier alpha value is -3.67. The molecule has 1 saturated heterocycles. The molecular formula is C49H75N5O8S3. The van der Waals surface area contributed by atoms with Crippen molar-refractivity contribution >= 4 is 41.9 Å². The van der Waals surface area contributed by atoms with Crippen molar-refractivity contribution in [3.8, 4) is 0 Å². The molecule has 1 atom stereocenters. The second-order valence-corrected chi connectivity index (χ2v) is 23.5. The fourth-order valence-corrected chi connectivity index (χ4v) is 12.2. The minimum atomic E-state index is -4.35. The van der Waals surface area contributed by atoms with E-state index in [1.165, 1.54) is 113 Å². The van der Waals surface area contributed by atoms with E-state index in [1.807, 2.05) is 20.8 Å². The number of carbonyl (C=O) groups excluding carboxylic acids is 2. The summed E-state index contributed by atoms with van der Waals surface area (Å²) in [5.74, 6) is -1.24. The van der Waals surface area contributed by atoms with Crippen LogP contribution in [-0.2, 0) is 39.7 Å². The van der Waals surface area contributed by atoms with Crippen molar-refractivity contribution in [3.63, 3.8) is 0 Å². The summed E-state index contributed by atoms with van der Waals surface area (Å²) in [5, 5.41) is 5.76. The zero-order valence-corrected chi connectivity index (χ0v) is 41.8. The van der Waals surface area contributed by atoms with E-state index in [-0.39, 0.29) is 21.2 Å². The van der Waals surface area contributed by atoms with Gasteiger partial charge in [0.15, 0.2) is 0 Å². The molecule has 3 aromatic carbocycles. The maximum absolute atomic E-state index is 14.3. The maximum atomic E-state index is 14.3. The minimum Gasteiger partial charge on any atom is -0.353 e. The van der Waals surface area contributed by atoms with Gasteiger partial charge < -0.3 is 10.6 Å². The van der Waals surface area contributed by atoms with Gasteiger partial charge in [0, 0.05) is 38.8 Å². The highest BCUT2D eigenvalue weighted by Crippen LogP contribution is 2.22. The summed E-state index contributed by atoms with van der Waals surface area (Å²) >= 11 is 0. The van der Waals surface area contributed by atoms with Crippen LogP contribution in [-0.4, -0.2) is 102 Å². The van der Waals surface area contributed by atoms with E-state index in [4.69, 9.17) is 0 Å². The molecule has 13 nitrogen and oxygen atoms in total. The van der Waals surface area contributed by atoms with Gasteiger partial charge in [0.25, 0.3) is 0 Å². The Morgan fingerprint density at radius 1 is 0.446 bits per heavy atom. The van der Waals surface area contributed by atoms with E-state index in [2.05, 4.69) is 17.6 Å². The van der Waals surface area contributed by atoms with Crippen molar-refractivity contribution in [2.45, 2.75) is 158 Å². The Bertz CT molecular complexity index is 2240. The second kappa shape index (κ2) is 27.2. The molecule has 0 saturated carbocycles.